The molecule has 0 aliphatic heterocycles. The Bertz CT molecular complexity index is 407. The van der Waals surface area contributed by atoms with Gasteiger partial charge in [-0.2, -0.15) is 0 Å². The highest BCUT2D eigenvalue weighted by molar-refractivity contribution is 5.20. The van der Waals surface area contributed by atoms with Crippen LogP contribution in [0.1, 0.15) is 57.4 Å². The van der Waals surface area contributed by atoms with Crippen molar-refractivity contribution in [3.8, 4) is 0 Å². The minimum absolute atomic E-state index is 0.178. The van der Waals surface area contributed by atoms with E-state index in [2.05, 4.69) is 12.2 Å². The summed E-state index contributed by atoms with van der Waals surface area (Å²) in [6.07, 6.45) is 9.03. The lowest BCUT2D eigenvalue weighted by Crippen LogP contribution is -2.32. The van der Waals surface area contributed by atoms with E-state index in [1.165, 1.54) is 50.3 Å². The van der Waals surface area contributed by atoms with E-state index in [0.29, 0.717) is 6.42 Å². The molecule has 0 saturated heterocycles. The Balaban J connectivity index is 1.94. The average molecular weight is 295 g/mol. The maximum Gasteiger partial charge on any atom is 0.129 e. The Labute approximate surface area is 127 Å². The van der Waals surface area contributed by atoms with E-state index in [1.54, 1.807) is 0 Å². The molecule has 1 nitrogen and oxygen atoms in total. The molecule has 1 aliphatic rings. The fourth-order valence-electron chi connectivity index (χ4n) is 3.33. The minimum atomic E-state index is -0.417. The summed E-state index contributed by atoms with van der Waals surface area (Å²) in [4.78, 5) is 0. The predicted molar refractivity (Wildman–Crippen MR) is 83.3 cm³/mol. The third-order valence-electron chi connectivity index (χ3n) is 4.59. The standard InChI is InChI=1S/C18H27F2N/c1-2-12-21-15(11-10-14-6-3-4-7-14)13-16-17(19)8-5-9-18(16)20/h5,8-9,14-15,21H,2-4,6-7,10-13H2,1H3. The Morgan fingerprint density at radius 2 is 1.86 bits per heavy atom. The van der Waals surface area contributed by atoms with Crippen molar-refractivity contribution in [2.45, 2.75) is 64.3 Å². The molecule has 1 aromatic carbocycles. The molecule has 3 heteroatoms. The highest BCUT2D eigenvalue weighted by Crippen LogP contribution is 2.29. The predicted octanol–water partition coefficient (Wildman–Crippen LogP) is 4.85. The van der Waals surface area contributed by atoms with Crippen LogP contribution in [0.15, 0.2) is 18.2 Å². The van der Waals surface area contributed by atoms with E-state index in [1.807, 2.05) is 0 Å². The second-order valence-electron chi connectivity index (χ2n) is 6.28. The van der Waals surface area contributed by atoms with E-state index in [9.17, 15) is 8.78 Å². The summed E-state index contributed by atoms with van der Waals surface area (Å²) in [5, 5.41) is 3.46. The van der Waals surface area contributed by atoms with Gasteiger partial charge in [-0.05, 0) is 50.3 Å². The van der Waals surface area contributed by atoms with Crippen LogP contribution >= 0.6 is 0 Å². The second kappa shape index (κ2) is 8.47. The zero-order chi connectivity index (χ0) is 15.1. The van der Waals surface area contributed by atoms with E-state index in [0.717, 1.165) is 25.3 Å². The molecular formula is C18H27F2N. The molecule has 1 unspecified atom stereocenters. The van der Waals surface area contributed by atoms with Crippen LogP contribution in [0.4, 0.5) is 8.78 Å². The summed E-state index contributed by atoms with van der Waals surface area (Å²) in [6, 6.07) is 4.32. The van der Waals surface area contributed by atoms with Crippen LogP contribution < -0.4 is 5.32 Å². The summed E-state index contributed by atoms with van der Waals surface area (Å²) in [6.45, 7) is 3.02. The lowest BCUT2D eigenvalue weighted by atomic mass is 9.94. The Kier molecular flexibility index (Phi) is 6.62. The quantitative estimate of drug-likeness (QED) is 0.723. The molecule has 1 fully saturated rings. The lowest BCUT2D eigenvalue weighted by Gasteiger charge is -2.21. The largest absolute Gasteiger partial charge is 0.314 e. The van der Waals surface area contributed by atoms with E-state index >= 15 is 0 Å². The number of halogens is 2. The van der Waals surface area contributed by atoms with Crippen molar-refractivity contribution in [3.63, 3.8) is 0 Å². The van der Waals surface area contributed by atoms with Crippen LogP contribution in [0, 0.1) is 17.6 Å². The molecule has 0 amide bonds. The summed E-state index contributed by atoms with van der Waals surface area (Å²) in [5.41, 5.74) is 0.234. The molecule has 0 bridgehead atoms. The molecule has 0 radical (unpaired) electrons. The molecule has 1 aliphatic carbocycles. The van der Waals surface area contributed by atoms with Crippen molar-refractivity contribution in [1.29, 1.82) is 0 Å². The fraction of sp³-hybridized carbons (Fsp3) is 0.667. The van der Waals surface area contributed by atoms with Crippen molar-refractivity contribution in [2.75, 3.05) is 6.54 Å². The van der Waals surface area contributed by atoms with Crippen LogP contribution in [-0.4, -0.2) is 12.6 Å². The highest BCUT2D eigenvalue weighted by atomic mass is 19.1. The molecule has 1 aromatic rings. The third-order valence-corrected chi connectivity index (χ3v) is 4.59. The first-order valence-corrected chi connectivity index (χ1v) is 8.37. The van der Waals surface area contributed by atoms with Gasteiger partial charge in [0.15, 0.2) is 0 Å². The first-order valence-electron chi connectivity index (χ1n) is 8.37. The highest BCUT2D eigenvalue weighted by Gasteiger charge is 2.19. The molecular weight excluding hydrogens is 268 g/mol. The van der Waals surface area contributed by atoms with Gasteiger partial charge in [-0.25, -0.2) is 8.78 Å². The molecule has 1 atom stereocenters. The van der Waals surface area contributed by atoms with Gasteiger partial charge in [0.05, 0.1) is 0 Å². The zero-order valence-corrected chi connectivity index (χ0v) is 13.0. The van der Waals surface area contributed by atoms with Crippen LogP contribution in [0.5, 0.6) is 0 Å². The van der Waals surface area contributed by atoms with Crippen LogP contribution in [0.3, 0.4) is 0 Å². The number of hydrogen-bond acceptors (Lipinski definition) is 1. The second-order valence-corrected chi connectivity index (χ2v) is 6.28. The van der Waals surface area contributed by atoms with Gasteiger partial charge < -0.3 is 5.32 Å². The summed E-state index contributed by atoms with van der Waals surface area (Å²) >= 11 is 0. The fourth-order valence-corrected chi connectivity index (χ4v) is 3.33. The summed E-state index contributed by atoms with van der Waals surface area (Å²) in [7, 11) is 0. The van der Waals surface area contributed by atoms with E-state index in [4.69, 9.17) is 0 Å². The van der Waals surface area contributed by atoms with Crippen LogP contribution in [0.2, 0.25) is 0 Å². The third kappa shape index (κ3) is 5.06. The van der Waals surface area contributed by atoms with Gasteiger partial charge in [-0.15, -0.1) is 0 Å². The van der Waals surface area contributed by atoms with Crippen molar-refractivity contribution in [1.82, 2.24) is 5.32 Å². The molecule has 0 aromatic heterocycles. The SMILES string of the molecule is CCCNC(CCC1CCCC1)Cc1c(F)cccc1F. The summed E-state index contributed by atoms with van der Waals surface area (Å²) in [5.74, 6) is -0.0141. The topological polar surface area (TPSA) is 12.0 Å². The number of hydrogen-bond donors (Lipinski definition) is 1. The van der Waals surface area contributed by atoms with Crippen molar-refractivity contribution < 1.29 is 8.78 Å². The number of nitrogens with one attached hydrogen (secondary N) is 1. The first kappa shape index (κ1) is 16.4. The van der Waals surface area contributed by atoms with Crippen molar-refractivity contribution in [2.24, 2.45) is 5.92 Å². The summed E-state index contributed by atoms with van der Waals surface area (Å²) < 4.78 is 27.6. The van der Waals surface area contributed by atoms with Gasteiger partial charge in [0.2, 0.25) is 0 Å². The Hall–Kier alpha value is -0.960. The van der Waals surface area contributed by atoms with Gasteiger partial charge in [-0.3, -0.25) is 0 Å². The molecule has 1 N–H and O–H groups in total. The number of rotatable bonds is 8. The molecule has 118 valence electrons. The van der Waals surface area contributed by atoms with Gasteiger partial charge in [0.25, 0.3) is 0 Å². The monoisotopic (exact) mass is 295 g/mol. The van der Waals surface area contributed by atoms with Gasteiger partial charge in [0, 0.05) is 11.6 Å². The lowest BCUT2D eigenvalue weighted by molar-refractivity contribution is 0.395. The molecule has 0 spiro atoms. The van der Waals surface area contributed by atoms with Gasteiger partial charge in [0.1, 0.15) is 11.6 Å². The Morgan fingerprint density at radius 3 is 2.48 bits per heavy atom. The van der Waals surface area contributed by atoms with Crippen molar-refractivity contribution >= 4 is 0 Å². The van der Waals surface area contributed by atoms with E-state index < -0.39 is 11.6 Å². The van der Waals surface area contributed by atoms with Gasteiger partial charge >= 0.3 is 0 Å². The molecule has 2 rings (SSSR count). The normalized spacial score (nSPS) is 17.3. The molecule has 0 heterocycles. The molecule has 21 heavy (non-hydrogen) atoms. The van der Waals surface area contributed by atoms with Gasteiger partial charge in [-0.1, -0.05) is 38.7 Å². The molecule has 1 saturated carbocycles. The minimum Gasteiger partial charge on any atom is -0.314 e. The van der Waals surface area contributed by atoms with Crippen molar-refractivity contribution in [3.05, 3.63) is 35.4 Å². The first-order chi connectivity index (χ1) is 10.2. The maximum atomic E-state index is 13.8. The van der Waals surface area contributed by atoms with E-state index in [-0.39, 0.29) is 11.6 Å². The van der Waals surface area contributed by atoms with Crippen LogP contribution in [0.25, 0.3) is 0 Å². The number of benzene rings is 1. The Morgan fingerprint density at radius 1 is 1.19 bits per heavy atom. The smallest absolute Gasteiger partial charge is 0.129 e. The van der Waals surface area contributed by atoms with Crippen LogP contribution in [-0.2, 0) is 6.42 Å². The average Bonchev–Trinajstić information content (AvgIpc) is 2.98. The zero-order valence-electron chi connectivity index (χ0n) is 13.0. The maximum absolute atomic E-state index is 13.8.